The maximum atomic E-state index is 12.7. The minimum atomic E-state index is -4.64. The highest BCUT2D eigenvalue weighted by Gasteiger charge is 2.53. The number of halogens is 3. The van der Waals surface area contributed by atoms with Crippen LogP contribution in [0.5, 0.6) is 0 Å². The molecule has 0 bridgehead atoms. The molecule has 1 fully saturated rings. The molecule has 0 spiro atoms. The Kier molecular flexibility index (Phi) is 4.50. The summed E-state index contributed by atoms with van der Waals surface area (Å²) in [6.07, 6.45) is -5.96. The minimum Gasteiger partial charge on any atom is -0.444 e. The monoisotopic (exact) mass is 298 g/mol. The molecular weight excluding hydrogens is 281 g/mol. The molecular formula is C11H17F3N2O4. The van der Waals surface area contributed by atoms with Crippen LogP contribution in [0.1, 0.15) is 27.2 Å². The maximum absolute atomic E-state index is 12.7. The number of piperidine rings is 1. The van der Waals surface area contributed by atoms with Crippen molar-refractivity contribution < 1.29 is 27.6 Å². The van der Waals surface area contributed by atoms with Crippen LogP contribution in [0.2, 0.25) is 0 Å². The van der Waals surface area contributed by atoms with Crippen molar-refractivity contribution in [1.29, 1.82) is 0 Å². The number of nitrogens with zero attached hydrogens (tertiary/aromatic N) is 2. The quantitative estimate of drug-likeness (QED) is 0.550. The van der Waals surface area contributed by atoms with E-state index < -0.39 is 47.7 Å². The summed E-state index contributed by atoms with van der Waals surface area (Å²) in [7, 11) is 0. The highest BCUT2D eigenvalue weighted by atomic mass is 19.4. The van der Waals surface area contributed by atoms with Gasteiger partial charge >= 0.3 is 12.3 Å². The molecule has 0 radical (unpaired) electrons. The number of ether oxygens (including phenoxy) is 1. The Morgan fingerprint density at radius 1 is 1.35 bits per heavy atom. The summed E-state index contributed by atoms with van der Waals surface area (Å²) in [5.41, 5.74) is -0.803. The Bertz CT molecular complexity index is 392. The number of hydrogen-bond donors (Lipinski definition) is 0. The Balaban J connectivity index is 2.79. The van der Waals surface area contributed by atoms with Gasteiger partial charge in [0.05, 0.1) is 6.54 Å². The Morgan fingerprint density at radius 2 is 1.90 bits per heavy atom. The molecule has 2 atom stereocenters. The van der Waals surface area contributed by atoms with E-state index in [1.807, 2.05) is 0 Å². The summed E-state index contributed by atoms with van der Waals surface area (Å²) in [6.45, 7) is 4.03. The molecule has 0 aromatic rings. The molecule has 0 N–H and O–H groups in total. The molecule has 116 valence electrons. The number of carbonyl (C=O) groups is 1. The highest BCUT2D eigenvalue weighted by molar-refractivity contribution is 5.68. The zero-order valence-electron chi connectivity index (χ0n) is 11.4. The summed E-state index contributed by atoms with van der Waals surface area (Å²) in [6, 6.07) is -1.85. The molecule has 0 unspecified atom stereocenters. The summed E-state index contributed by atoms with van der Waals surface area (Å²) in [4.78, 5) is 22.5. The van der Waals surface area contributed by atoms with E-state index in [4.69, 9.17) is 4.74 Å². The summed E-state index contributed by atoms with van der Waals surface area (Å²) in [5, 5.41) is 10.8. The van der Waals surface area contributed by atoms with Crippen LogP contribution in [0.15, 0.2) is 0 Å². The van der Waals surface area contributed by atoms with Crippen LogP contribution >= 0.6 is 0 Å². The molecule has 1 amide bonds. The molecule has 1 aliphatic rings. The SMILES string of the molecule is CC(C)(C)OC(=O)N1CC[C@H](C(F)(F)F)[C@H]([N+](=O)[O-])C1. The van der Waals surface area contributed by atoms with Gasteiger partial charge < -0.3 is 9.64 Å². The Hall–Kier alpha value is -1.54. The average molecular weight is 298 g/mol. The van der Waals surface area contributed by atoms with Crippen molar-refractivity contribution in [2.24, 2.45) is 5.92 Å². The van der Waals surface area contributed by atoms with E-state index in [-0.39, 0.29) is 6.54 Å². The third-order valence-corrected chi connectivity index (χ3v) is 2.92. The first-order valence-electron chi connectivity index (χ1n) is 6.10. The van der Waals surface area contributed by atoms with Gasteiger partial charge in [-0.05, 0) is 27.2 Å². The van der Waals surface area contributed by atoms with Gasteiger partial charge in [-0.15, -0.1) is 0 Å². The number of likely N-dealkylation sites (tertiary alicyclic amines) is 1. The molecule has 20 heavy (non-hydrogen) atoms. The van der Waals surface area contributed by atoms with Gasteiger partial charge in [0.2, 0.25) is 6.04 Å². The molecule has 0 aromatic heterocycles. The number of alkyl halides is 3. The van der Waals surface area contributed by atoms with Gasteiger partial charge in [-0.25, -0.2) is 4.79 Å². The van der Waals surface area contributed by atoms with Crippen molar-refractivity contribution in [3.8, 4) is 0 Å². The minimum absolute atomic E-state index is 0.205. The van der Waals surface area contributed by atoms with Crippen LogP contribution in [0.25, 0.3) is 0 Å². The highest BCUT2D eigenvalue weighted by Crippen LogP contribution is 2.35. The van der Waals surface area contributed by atoms with Crippen LogP contribution in [-0.2, 0) is 4.74 Å². The van der Waals surface area contributed by atoms with Gasteiger partial charge in [-0.2, -0.15) is 13.2 Å². The smallest absolute Gasteiger partial charge is 0.410 e. The molecule has 6 nitrogen and oxygen atoms in total. The fourth-order valence-electron chi connectivity index (χ4n) is 2.02. The molecule has 1 saturated heterocycles. The van der Waals surface area contributed by atoms with Crippen molar-refractivity contribution in [2.75, 3.05) is 13.1 Å². The van der Waals surface area contributed by atoms with Gasteiger partial charge in [0.25, 0.3) is 0 Å². The molecule has 9 heteroatoms. The summed E-state index contributed by atoms with van der Waals surface area (Å²) >= 11 is 0. The van der Waals surface area contributed by atoms with Gasteiger partial charge in [0.1, 0.15) is 11.5 Å². The summed E-state index contributed by atoms with van der Waals surface area (Å²) in [5.74, 6) is -2.03. The lowest BCUT2D eigenvalue weighted by molar-refractivity contribution is -0.544. The first-order valence-corrected chi connectivity index (χ1v) is 6.10. The first kappa shape index (κ1) is 16.5. The molecule has 0 aliphatic carbocycles. The molecule has 1 rings (SSSR count). The third-order valence-electron chi connectivity index (χ3n) is 2.92. The first-order chi connectivity index (χ1) is 8.92. The molecule has 1 heterocycles. The van der Waals surface area contributed by atoms with Crippen LogP contribution in [-0.4, -0.2) is 46.8 Å². The van der Waals surface area contributed by atoms with E-state index in [9.17, 15) is 28.1 Å². The molecule has 0 saturated carbocycles. The van der Waals surface area contributed by atoms with Crippen molar-refractivity contribution in [1.82, 2.24) is 4.90 Å². The predicted octanol–water partition coefficient (Wildman–Crippen LogP) is 2.45. The largest absolute Gasteiger partial charge is 0.444 e. The van der Waals surface area contributed by atoms with Crippen LogP contribution in [0.3, 0.4) is 0 Å². The topological polar surface area (TPSA) is 72.7 Å². The lowest BCUT2D eigenvalue weighted by atomic mass is 9.91. The maximum Gasteiger partial charge on any atom is 0.410 e. The van der Waals surface area contributed by atoms with E-state index >= 15 is 0 Å². The number of carbonyl (C=O) groups excluding carboxylic acids is 1. The molecule has 0 aromatic carbocycles. The van der Waals surface area contributed by atoms with E-state index in [2.05, 4.69) is 0 Å². The lowest BCUT2D eigenvalue weighted by Crippen LogP contribution is -2.54. The predicted molar refractivity (Wildman–Crippen MR) is 62.8 cm³/mol. The number of nitro groups is 1. The van der Waals surface area contributed by atoms with Gasteiger partial charge in [-0.3, -0.25) is 10.1 Å². The third kappa shape index (κ3) is 4.24. The molecule has 1 aliphatic heterocycles. The van der Waals surface area contributed by atoms with E-state index in [1.165, 1.54) is 0 Å². The van der Waals surface area contributed by atoms with E-state index in [0.717, 1.165) is 4.90 Å². The number of hydrogen-bond acceptors (Lipinski definition) is 4. The second-order valence-corrected chi connectivity index (χ2v) is 5.72. The summed E-state index contributed by atoms with van der Waals surface area (Å²) < 4.78 is 43.1. The van der Waals surface area contributed by atoms with Crippen LogP contribution < -0.4 is 0 Å². The van der Waals surface area contributed by atoms with Gasteiger partial charge in [0.15, 0.2) is 0 Å². The van der Waals surface area contributed by atoms with Crippen molar-refractivity contribution in [3.63, 3.8) is 0 Å². The standard InChI is InChI=1S/C11H17F3N2O4/c1-10(2,3)20-9(17)15-5-4-7(11(12,13)14)8(6-15)16(18)19/h7-8H,4-6H2,1-3H3/t7-,8+/m0/s1. The average Bonchev–Trinajstić information content (AvgIpc) is 2.24. The van der Waals surface area contributed by atoms with Gasteiger partial charge in [0, 0.05) is 11.5 Å². The zero-order chi connectivity index (χ0) is 15.7. The zero-order valence-corrected chi connectivity index (χ0v) is 11.4. The van der Waals surface area contributed by atoms with Crippen molar-refractivity contribution in [2.45, 2.75) is 45.0 Å². The van der Waals surface area contributed by atoms with Gasteiger partial charge in [-0.1, -0.05) is 0 Å². The second kappa shape index (κ2) is 5.45. The number of rotatable bonds is 1. The van der Waals surface area contributed by atoms with E-state index in [0.29, 0.717) is 0 Å². The fraction of sp³-hybridized carbons (Fsp3) is 0.909. The number of amides is 1. The van der Waals surface area contributed by atoms with Crippen LogP contribution in [0, 0.1) is 16.0 Å². The fourth-order valence-corrected chi connectivity index (χ4v) is 2.02. The Labute approximate surface area is 114 Å². The van der Waals surface area contributed by atoms with Crippen LogP contribution in [0.4, 0.5) is 18.0 Å². The van der Waals surface area contributed by atoms with E-state index in [1.54, 1.807) is 20.8 Å². The Morgan fingerprint density at radius 3 is 2.30 bits per heavy atom. The lowest BCUT2D eigenvalue weighted by Gasteiger charge is -2.35. The van der Waals surface area contributed by atoms with Crippen molar-refractivity contribution >= 4 is 6.09 Å². The second-order valence-electron chi connectivity index (χ2n) is 5.72. The normalized spacial score (nSPS) is 24.4. The van der Waals surface area contributed by atoms with Crippen molar-refractivity contribution in [3.05, 3.63) is 10.1 Å².